The summed E-state index contributed by atoms with van der Waals surface area (Å²) in [4.78, 5) is 26.2. The van der Waals surface area contributed by atoms with Crippen molar-refractivity contribution >= 4 is 11.8 Å². The molecule has 7 nitrogen and oxygen atoms in total. The highest BCUT2D eigenvalue weighted by molar-refractivity contribution is 5.93. The molecule has 3 rings (SSSR count). The minimum absolute atomic E-state index is 0.0365. The van der Waals surface area contributed by atoms with Gasteiger partial charge in [-0.2, -0.15) is 0 Å². The van der Waals surface area contributed by atoms with E-state index in [1.54, 1.807) is 24.1 Å². The molecule has 0 saturated carbocycles. The van der Waals surface area contributed by atoms with Gasteiger partial charge in [0.25, 0.3) is 11.8 Å². The lowest BCUT2D eigenvalue weighted by Crippen LogP contribution is -2.47. The summed E-state index contributed by atoms with van der Waals surface area (Å²) < 4.78 is 15.8. The first-order valence-corrected chi connectivity index (χ1v) is 8.95. The van der Waals surface area contributed by atoms with Gasteiger partial charge in [0, 0.05) is 19.1 Å². The summed E-state index contributed by atoms with van der Waals surface area (Å²) >= 11 is 0. The normalized spacial score (nSPS) is 14.7. The number of carbonyl (C=O) groups excluding carboxylic acids is 2. The highest BCUT2D eigenvalue weighted by Crippen LogP contribution is 2.27. The zero-order chi connectivity index (χ0) is 19.2. The van der Waals surface area contributed by atoms with Gasteiger partial charge in [0.2, 0.25) is 0 Å². The van der Waals surface area contributed by atoms with E-state index in [0.717, 1.165) is 5.56 Å². The molecule has 1 aromatic carbocycles. The van der Waals surface area contributed by atoms with E-state index in [1.807, 2.05) is 19.1 Å². The van der Waals surface area contributed by atoms with Crippen molar-refractivity contribution in [3.8, 4) is 11.5 Å². The minimum atomic E-state index is -0.183. The molecular weight excluding hydrogens is 348 g/mol. The van der Waals surface area contributed by atoms with Gasteiger partial charge in [0.1, 0.15) is 6.26 Å². The predicted molar refractivity (Wildman–Crippen MR) is 99.0 cm³/mol. The lowest BCUT2D eigenvalue weighted by Gasteiger charge is -2.32. The van der Waals surface area contributed by atoms with Crippen LogP contribution >= 0.6 is 0 Å². The largest absolute Gasteiger partial charge is 0.493 e. The van der Waals surface area contributed by atoms with Crippen molar-refractivity contribution in [1.82, 2.24) is 10.2 Å². The summed E-state index contributed by atoms with van der Waals surface area (Å²) in [5, 5.41) is 2.97. The fraction of sp³-hybridized carbons (Fsp3) is 0.400. The zero-order valence-electron chi connectivity index (χ0n) is 15.6. The third-order valence-electron chi connectivity index (χ3n) is 4.59. The number of benzene rings is 1. The van der Waals surface area contributed by atoms with Gasteiger partial charge < -0.3 is 24.1 Å². The summed E-state index contributed by atoms with van der Waals surface area (Å²) in [6, 6.07) is 7.26. The van der Waals surface area contributed by atoms with Crippen LogP contribution in [0.3, 0.4) is 0 Å². The zero-order valence-corrected chi connectivity index (χ0v) is 15.6. The number of aryl methyl sites for hydroxylation is 1. The smallest absolute Gasteiger partial charge is 0.258 e. The quantitative estimate of drug-likeness (QED) is 0.842. The lowest BCUT2D eigenvalue weighted by atomic mass is 10.0. The standard InChI is InChI=1S/C20H24N2O5/c1-14-3-4-17(18(11-14)25-2)27-13-19(23)21-16-5-8-22(9-6-16)20(24)15-7-10-26-12-15/h3-4,7,10-12,16H,5-6,8-9,13H2,1-2H3,(H,21,23). The highest BCUT2D eigenvalue weighted by atomic mass is 16.5. The molecule has 1 aliphatic rings. The number of nitrogens with one attached hydrogen (secondary N) is 1. The Morgan fingerprint density at radius 2 is 2.00 bits per heavy atom. The Morgan fingerprint density at radius 1 is 1.22 bits per heavy atom. The third kappa shape index (κ3) is 4.81. The number of hydrogen-bond acceptors (Lipinski definition) is 5. The van der Waals surface area contributed by atoms with Crippen molar-refractivity contribution in [2.45, 2.75) is 25.8 Å². The molecule has 1 N–H and O–H groups in total. The molecule has 0 spiro atoms. The Bertz CT molecular complexity index is 780. The van der Waals surface area contributed by atoms with Crippen molar-refractivity contribution in [2.24, 2.45) is 0 Å². The second kappa shape index (κ2) is 8.62. The first-order chi connectivity index (χ1) is 13.1. The molecule has 0 bridgehead atoms. The van der Waals surface area contributed by atoms with E-state index in [4.69, 9.17) is 13.9 Å². The van der Waals surface area contributed by atoms with Crippen LogP contribution in [0.15, 0.2) is 41.2 Å². The number of methoxy groups -OCH3 is 1. The molecular formula is C20H24N2O5. The van der Waals surface area contributed by atoms with Gasteiger partial charge in [-0.05, 0) is 43.5 Å². The van der Waals surface area contributed by atoms with Gasteiger partial charge in [-0.1, -0.05) is 6.07 Å². The predicted octanol–water partition coefficient (Wildman–Crippen LogP) is 2.40. The Labute approximate surface area is 158 Å². The first kappa shape index (κ1) is 18.8. The number of hydrogen-bond donors (Lipinski definition) is 1. The van der Waals surface area contributed by atoms with Crippen LogP contribution < -0.4 is 14.8 Å². The van der Waals surface area contributed by atoms with Crippen molar-refractivity contribution in [3.63, 3.8) is 0 Å². The number of ether oxygens (including phenoxy) is 2. The van der Waals surface area contributed by atoms with Crippen molar-refractivity contribution in [1.29, 1.82) is 0 Å². The molecule has 0 atom stereocenters. The van der Waals surface area contributed by atoms with Crippen LogP contribution in [-0.4, -0.2) is 49.6 Å². The molecule has 2 amide bonds. The SMILES string of the molecule is COc1cc(C)ccc1OCC(=O)NC1CCN(C(=O)c2ccoc2)CC1. The van der Waals surface area contributed by atoms with Crippen LogP contribution in [-0.2, 0) is 4.79 Å². The molecule has 2 aromatic rings. The van der Waals surface area contributed by atoms with Gasteiger partial charge in [0.05, 0.1) is 18.9 Å². The molecule has 0 unspecified atom stereocenters. The Morgan fingerprint density at radius 3 is 2.67 bits per heavy atom. The molecule has 1 aromatic heterocycles. The number of nitrogens with zero attached hydrogens (tertiary/aromatic N) is 1. The van der Waals surface area contributed by atoms with Crippen molar-refractivity contribution < 1.29 is 23.5 Å². The summed E-state index contributed by atoms with van der Waals surface area (Å²) in [6.07, 6.45) is 4.36. The number of furan rings is 1. The number of rotatable bonds is 6. The van der Waals surface area contributed by atoms with Crippen LogP contribution in [0.5, 0.6) is 11.5 Å². The van der Waals surface area contributed by atoms with Crippen molar-refractivity contribution in [2.75, 3.05) is 26.8 Å². The minimum Gasteiger partial charge on any atom is -0.493 e. The molecule has 2 heterocycles. The van der Waals surface area contributed by atoms with E-state index in [-0.39, 0.29) is 24.5 Å². The fourth-order valence-corrected chi connectivity index (χ4v) is 3.10. The van der Waals surface area contributed by atoms with E-state index in [2.05, 4.69) is 5.32 Å². The number of likely N-dealkylation sites (tertiary alicyclic amines) is 1. The van der Waals surface area contributed by atoms with E-state index in [9.17, 15) is 9.59 Å². The maximum Gasteiger partial charge on any atom is 0.258 e. The molecule has 27 heavy (non-hydrogen) atoms. The van der Waals surface area contributed by atoms with Gasteiger partial charge in [-0.15, -0.1) is 0 Å². The summed E-state index contributed by atoms with van der Waals surface area (Å²) in [7, 11) is 1.57. The molecule has 144 valence electrons. The van der Waals surface area contributed by atoms with Gasteiger partial charge in [0.15, 0.2) is 18.1 Å². The van der Waals surface area contributed by atoms with Crippen LogP contribution in [0.1, 0.15) is 28.8 Å². The van der Waals surface area contributed by atoms with E-state index >= 15 is 0 Å². The maximum atomic E-state index is 12.3. The van der Waals surface area contributed by atoms with Gasteiger partial charge in [-0.3, -0.25) is 9.59 Å². The number of piperidine rings is 1. The summed E-state index contributed by atoms with van der Waals surface area (Å²) in [5.74, 6) is 0.924. The second-order valence-corrected chi connectivity index (χ2v) is 6.59. The highest BCUT2D eigenvalue weighted by Gasteiger charge is 2.25. The maximum absolute atomic E-state index is 12.3. The molecule has 7 heteroatoms. The van der Waals surface area contributed by atoms with Gasteiger partial charge >= 0.3 is 0 Å². The number of carbonyl (C=O) groups is 2. The average molecular weight is 372 g/mol. The Kier molecular flexibility index (Phi) is 6.01. The van der Waals surface area contributed by atoms with Crippen LogP contribution in [0, 0.1) is 6.92 Å². The van der Waals surface area contributed by atoms with Crippen LogP contribution in [0.25, 0.3) is 0 Å². The average Bonchev–Trinajstić information content (AvgIpc) is 3.21. The van der Waals surface area contributed by atoms with E-state index in [1.165, 1.54) is 12.5 Å². The lowest BCUT2D eigenvalue weighted by molar-refractivity contribution is -0.124. The topological polar surface area (TPSA) is 81.0 Å². The first-order valence-electron chi connectivity index (χ1n) is 8.95. The fourth-order valence-electron chi connectivity index (χ4n) is 3.10. The third-order valence-corrected chi connectivity index (χ3v) is 4.59. The number of amides is 2. The molecule has 0 radical (unpaired) electrons. The summed E-state index contributed by atoms with van der Waals surface area (Å²) in [6.45, 7) is 3.08. The van der Waals surface area contributed by atoms with E-state index in [0.29, 0.717) is 43.0 Å². The monoisotopic (exact) mass is 372 g/mol. The van der Waals surface area contributed by atoms with Crippen molar-refractivity contribution in [3.05, 3.63) is 47.9 Å². The van der Waals surface area contributed by atoms with Gasteiger partial charge in [-0.25, -0.2) is 0 Å². The molecule has 1 fully saturated rings. The van der Waals surface area contributed by atoms with Crippen LogP contribution in [0.2, 0.25) is 0 Å². The molecule has 0 aliphatic carbocycles. The Hall–Kier alpha value is -2.96. The second-order valence-electron chi connectivity index (χ2n) is 6.59. The molecule has 1 saturated heterocycles. The van der Waals surface area contributed by atoms with E-state index < -0.39 is 0 Å². The molecule has 1 aliphatic heterocycles. The Balaban J connectivity index is 1.44. The summed E-state index contributed by atoms with van der Waals surface area (Å²) in [5.41, 5.74) is 1.61. The van der Waals surface area contributed by atoms with Crippen LogP contribution in [0.4, 0.5) is 0 Å².